The number of hydrogen-bond donors (Lipinski definition) is 1. The average Bonchev–Trinajstić information content (AvgIpc) is 2.39. The first-order valence-corrected chi connectivity index (χ1v) is 7.85. The van der Waals surface area contributed by atoms with Crippen molar-refractivity contribution in [3.8, 4) is 0 Å². The monoisotopic (exact) mass is 325 g/mol. The molecule has 0 radical (unpaired) electrons. The molecule has 0 aromatic heterocycles. The zero-order valence-corrected chi connectivity index (χ0v) is 14.8. The van der Waals surface area contributed by atoms with Crippen LogP contribution in [0.1, 0.15) is 39.7 Å². The smallest absolute Gasteiger partial charge is 0.242 e. The van der Waals surface area contributed by atoms with Gasteiger partial charge in [-0.05, 0) is 58.2 Å². The molecule has 1 aliphatic heterocycles. The molecule has 22 heavy (non-hydrogen) atoms. The predicted molar refractivity (Wildman–Crippen MR) is 95.8 cm³/mol. The number of nitrogen functional groups attached to an aromatic ring is 1. The minimum Gasteiger partial charge on any atom is -0.398 e. The summed E-state index contributed by atoms with van der Waals surface area (Å²) in [4.78, 5) is 16.8. The normalized spacial score (nSPS) is 13.8. The van der Waals surface area contributed by atoms with Gasteiger partial charge in [-0.2, -0.15) is 0 Å². The van der Waals surface area contributed by atoms with Gasteiger partial charge in [0, 0.05) is 30.0 Å². The summed E-state index contributed by atoms with van der Waals surface area (Å²) in [6, 6.07) is 6.44. The Morgan fingerprint density at radius 1 is 1.27 bits per heavy atom. The Hall–Kier alpha value is -1.42. The number of fused-ring (bicyclic) bond motifs is 1. The topological polar surface area (TPSA) is 49.6 Å². The molecule has 4 nitrogen and oxygen atoms in total. The maximum absolute atomic E-state index is 12.6. The maximum atomic E-state index is 12.6. The second-order valence-electron chi connectivity index (χ2n) is 6.36. The van der Waals surface area contributed by atoms with Crippen LogP contribution in [-0.4, -0.2) is 36.0 Å². The van der Waals surface area contributed by atoms with Crippen LogP contribution in [0.4, 0.5) is 11.4 Å². The number of rotatable bonds is 4. The number of amides is 1. The second-order valence-corrected chi connectivity index (χ2v) is 6.36. The standard InChI is InChI=1S/C17H27N3O.ClH/c1-12(2)20(13(3)4)17(21)11-19-10-6-7-14-15(18)8-5-9-16(14)19;/h5,8-9,12-13H,6-7,10-11,18H2,1-4H3;1H. The molecular formula is C17H28ClN3O. The van der Waals surface area contributed by atoms with Crippen LogP contribution in [0, 0.1) is 0 Å². The number of halogens is 1. The van der Waals surface area contributed by atoms with Crippen molar-refractivity contribution in [2.24, 2.45) is 0 Å². The van der Waals surface area contributed by atoms with Crippen LogP contribution >= 0.6 is 12.4 Å². The predicted octanol–water partition coefficient (Wildman–Crippen LogP) is 3.09. The first kappa shape index (κ1) is 18.6. The first-order valence-electron chi connectivity index (χ1n) is 7.85. The van der Waals surface area contributed by atoms with Gasteiger partial charge in [-0.15, -0.1) is 12.4 Å². The lowest BCUT2D eigenvalue weighted by Gasteiger charge is -2.36. The Balaban J connectivity index is 0.00000242. The van der Waals surface area contributed by atoms with E-state index in [1.54, 1.807) is 0 Å². The summed E-state index contributed by atoms with van der Waals surface area (Å²) in [5, 5.41) is 0. The number of hydrogen-bond acceptors (Lipinski definition) is 3. The summed E-state index contributed by atoms with van der Waals surface area (Å²) in [6.07, 6.45) is 2.06. The van der Waals surface area contributed by atoms with E-state index in [0.717, 1.165) is 30.8 Å². The molecular weight excluding hydrogens is 298 g/mol. The molecule has 2 N–H and O–H groups in total. The molecule has 0 spiro atoms. The average molecular weight is 326 g/mol. The van der Waals surface area contributed by atoms with E-state index in [4.69, 9.17) is 5.73 Å². The van der Waals surface area contributed by atoms with E-state index in [9.17, 15) is 4.79 Å². The lowest BCUT2D eigenvalue weighted by molar-refractivity contribution is -0.133. The third kappa shape index (κ3) is 3.86. The number of carbonyl (C=O) groups is 1. The summed E-state index contributed by atoms with van der Waals surface area (Å²) >= 11 is 0. The van der Waals surface area contributed by atoms with Gasteiger partial charge in [-0.3, -0.25) is 4.79 Å². The quantitative estimate of drug-likeness (QED) is 0.865. The molecule has 0 fully saturated rings. The van der Waals surface area contributed by atoms with E-state index >= 15 is 0 Å². The third-order valence-electron chi connectivity index (χ3n) is 4.11. The van der Waals surface area contributed by atoms with E-state index in [2.05, 4.69) is 38.7 Å². The fraction of sp³-hybridized carbons (Fsp3) is 0.588. The SMILES string of the molecule is CC(C)N(C(=O)CN1CCCc2c(N)cccc21)C(C)C.Cl. The molecule has 1 aromatic rings. The Morgan fingerprint density at radius 3 is 2.50 bits per heavy atom. The molecule has 1 aromatic carbocycles. The molecule has 0 aliphatic carbocycles. The molecule has 1 heterocycles. The fourth-order valence-corrected chi connectivity index (χ4v) is 3.31. The summed E-state index contributed by atoms with van der Waals surface area (Å²) in [5.41, 5.74) is 9.23. The fourth-order valence-electron chi connectivity index (χ4n) is 3.31. The largest absolute Gasteiger partial charge is 0.398 e. The minimum absolute atomic E-state index is 0. The number of nitrogens with two attached hydrogens (primary N) is 1. The highest BCUT2D eigenvalue weighted by molar-refractivity contribution is 5.85. The molecule has 0 saturated carbocycles. The van der Waals surface area contributed by atoms with E-state index in [-0.39, 0.29) is 30.4 Å². The van der Waals surface area contributed by atoms with Gasteiger partial charge in [0.2, 0.25) is 5.91 Å². The molecule has 5 heteroatoms. The molecule has 0 bridgehead atoms. The van der Waals surface area contributed by atoms with Crippen LogP contribution in [0.5, 0.6) is 0 Å². The van der Waals surface area contributed by atoms with Crippen molar-refractivity contribution in [3.05, 3.63) is 23.8 Å². The van der Waals surface area contributed by atoms with Crippen LogP contribution in [0.2, 0.25) is 0 Å². The highest BCUT2D eigenvalue weighted by Crippen LogP contribution is 2.31. The Bertz CT molecular complexity index is 509. The number of carbonyl (C=O) groups excluding carboxylic acids is 1. The summed E-state index contributed by atoms with van der Waals surface area (Å²) in [7, 11) is 0. The van der Waals surface area contributed by atoms with E-state index in [0.29, 0.717) is 6.54 Å². The van der Waals surface area contributed by atoms with Crippen molar-refractivity contribution >= 4 is 29.7 Å². The molecule has 0 atom stereocenters. The molecule has 2 rings (SSSR count). The van der Waals surface area contributed by atoms with Gasteiger partial charge in [0.15, 0.2) is 0 Å². The molecule has 0 unspecified atom stereocenters. The maximum Gasteiger partial charge on any atom is 0.242 e. The molecule has 0 saturated heterocycles. The van der Waals surface area contributed by atoms with Gasteiger partial charge < -0.3 is 15.5 Å². The lowest BCUT2D eigenvalue weighted by atomic mass is 10.00. The van der Waals surface area contributed by atoms with Crippen LogP contribution in [0.15, 0.2) is 18.2 Å². The van der Waals surface area contributed by atoms with Gasteiger partial charge in [0.1, 0.15) is 0 Å². The van der Waals surface area contributed by atoms with Crippen molar-refractivity contribution < 1.29 is 4.79 Å². The zero-order valence-electron chi connectivity index (χ0n) is 14.0. The molecule has 124 valence electrons. The van der Waals surface area contributed by atoms with E-state index in [1.807, 2.05) is 17.0 Å². The zero-order chi connectivity index (χ0) is 15.6. The van der Waals surface area contributed by atoms with Crippen LogP contribution in [-0.2, 0) is 11.2 Å². The third-order valence-corrected chi connectivity index (χ3v) is 4.11. The van der Waals surface area contributed by atoms with Crippen molar-refractivity contribution in [3.63, 3.8) is 0 Å². The summed E-state index contributed by atoms with van der Waals surface area (Å²) in [5.74, 6) is 0.190. The van der Waals surface area contributed by atoms with Gasteiger partial charge in [-0.1, -0.05) is 6.07 Å². The van der Waals surface area contributed by atoms with Crippen molar-refractivity contribution in [1.82, 2.24) is 4.90 Å². The van der Waals surface area contributed by atoms with Gasteiger partial charge in [-0.25, -0.2) is 0 Å². The van der Waals surface area contributed by atoms with Gasteiger partial charge in [0.25, 0.3) is 0 Å². The second kappa shape index (κ2) is 7.73. The lowest BCUT2D eigenvalue weighted by Crippen LogP contribution is -2.48. The van der Waals surface area contributed by atoms with E-state index < -0.39 is 0 Å². The van der Waals surface area contributed by atoms with Crippen LogP contribution in [0.25, 0.3) is 0 Å². The molecule has 1 amide bonds. The van der Waals surface area contributed by atoms with Crippen LogP contribution in [0.3, 0.4) is 0 Å². The number of nitrogens with zero attached hydrogens (tertiary/aromatic N) is 2. The highest BCUT2D eigenvalue weighted by atomic mass is 35.5. The highest BCUT2D eigenvalue weighted by Gasteiger charge is 2.25. The molecule has 1 aliphatic rings. The van der Waals surface area contributed by atoms with Crippen molar-refractivity contribution in [1.29, 1.82) is 0 Å². The van der Waals surface area contributed by atoms with Crippen molar-refractivity contribution in [2.75, 3.05) is 23.7 Å². The minimum atomic E-state index is 0. The van der Waals surface area contributed by atoms with Crippen molar-refractivity contribution in [2.45, 2.75) is 52.6 Å². The van der Waals surface area contributed by atoms with Crippen LogP contribution < -0.4 is 10.6 Å². The Labute approximate surface area is 140 Å². The summed E-state index contributed by atoms with van der Waals surface area (Å²) in [6.45, 7) is 9.64. The number of anilines is 2. The Kier molecular flexibility index (Phi) is 6.54. The first-order chi connectivity index (χ1) is 9.91. The Morgan fingerprint density at radius 2 is 1.91 bits per heavy atom. The van der Waals surface area contributed by atoms with Gasteiger partial charge in [0.05, 0.1) is 6.54 Å². The van der Waals surface area contributed by atoms with Gasteiger partial charge >= 0.3 is 0 Å². The van der Waals surface area contributed by atoms with E-state index in [1.165, 1.54) is 5.56 Å². The number of benzene rings is 1. The summed E-state index contributed by atoms with van der Waals surface area (Å²) < 4.78 is 0.